The Kier molecular flexibility index (Phi) is 7.52. The maximum Gasteiger partial charge on any atom is 0.360 e. The molecule has 0 spiro atoms. The molecule has 5 rings (SSSR count). The van der Waals surface area contributed by atoms with E-state index in [1.54, 1.807) is 4.57 Å². The van der Waals surface area contributed by atoms with Crippen LogP contribution in [0.5, 0.6) is 0 Å². The van der Waals surface area contributed by atoms with E-state index in [2.05, 4.69) is 9.88 Å². The first-order valence-electron chi connectivity index (χ1n) is 12.7. The van der Waals surface area contributed by atoms with Gasteiger partial charge in [0.1, 0.15) is 0 Å². The normalized spacial score (nSPS) is 27.2. The van der Waals surface area contributed by atoms with Crippen LogP contribution < -0.4 is 5.56 Å². The van der Waals surface area contributed by atoms with Crippen molar-refractivity contribution in [2.75, 3.05) is 0 Å². The van der Waals surface area contributed by atoms with Crippen molar-refractivity contribution in [3.05, 3.63) is 40.3 Å². The maximum atomic E-state index is 13.2. The van der Waals surface area contributed by atoms with E-state index in [0.717, 1.165) is 18.4 Å². The first kappa shape index (κ1) is 23.9. The summed E-state index contributed by atoms with van der Waals surface area (Å²) in [6.07, 6.45) is 16.4. The fourth-order valence-corrected chi connectivity index (χ4v) is 6.73. The summed E-state index contributed by atoms with van der Waals surface area (Å²) in [5.74, 6) is -1.24. The Labute approximate surface area is 197 Å². The lowest BCUT2D eigenvalue weighted by Gasteiger charge is -2.44. The molecule has 33 heavy (non-hydrogen) atoms. The van der Waals surface area contributed by atoms with Crippen LogP contribution in [0, 0.1) is 0 Å². The van der Waals surface area contributed by atoms with E-state index in [1.165, 1.54) is 70.6 Å². The summed E-state index contributed by atoms with van der Waals surface area (Å²) in [5.41, 5.74) is 0.546. The van der Waals surface area contributed by atoms with Crippen molar-refractivity contribution in [2.45, 2.75) is 115 Å². The highest BCUT2D eigenvalue weighted by Gasteiger charge is 2.44. The van der Waals surface area contributed by atoms with E-state index in [0.29, 0.717) is 23.6 Å². The summed E-state index contributed by atoms with van der Waals surface area (Å²) in [6.45, 7) is 0. The maximum absolute atomic E-state index is 13.2. The predicted octanol–water partition coefficient (Wildman–Crippen LogP) is 5.79. The number of fused-ring (bicyclic) bond motifs is 3. The Morgan fingerprint density at radius 2 is 1.39 bits per heavy atom. The quantitative estimate of drug-likeness (QED) is 0.636. The van der Waals surface area contributed by atoms with E-state index >= 15 is 0 Å². The standard InChI is InChI=1S/C26H35N3O3.CH4/c30-25-24(26(31)32)27-22-12-8-9-13-23(22)29(25)21-16-19-14-15-20(17-21)28(19)18-10-6-4-2-1-3-5-7-11-18;/h8-9,12-13,18-21H,1-7,10-11,14-17H2,(H,31,32);1H4/t19-,20+,21?;. The van der Waals surface area contributed by atoms with Crippen LogP contribution in [0.4, 0.5) is 0 Å². The number of piperidine rings is 1. The van der Waals surface area contributed by atoms with Crippen molar-refractivity contribution in [3.63, 3.8) is 0 Å². The zero-order chi connectivity index (χ0) is 22.1. The van der Waals surface area contributed by atoms with Gasteiger partial charge in [0.05, 0.1) is 11.0 Å². The molecule has 3 aliphatic rings. The Hall–Kier alpha value is -2.21. The van der Waals surface area contributed by atoms with Crippen LogP contribution in [0.15, 0.2) is 29.1 Å². The van der Waals surface area contributed by atoms with E-state index in [9.17, 15) is 14.7 Å². The Bertz CT molecular complexity index is 1010. The highest BCUT2D eigenvalue weighted by Crippen LogP contribution is 2.44. The number of benzene rings is 1. The van der Waals surface area contributed by atoms with Gasteiger partial charge in [-0.05, 0) is 50.7 Å². The second-order valence-electron chi connectivity index (χ2n) is 10.1. The first-order chi connectivity index (χ1) is 15.6. The number of carboxylic acid groups (broad SMARTS) is 1. The van der Waals surface area contributed by atoms with Crippen LogP contribution in [0.25, 0.3) is 11.0 Å². The Balaban J connectivity index is 0.00000259. The minimum atomic E-state index is -1.24. The summed E-state index contributed by atoms with van der Waals surface area (Å²) in [4.78, 5) is 31.9. The highest BCUT2D eigenvalue weighted by atomic mass is 16.4. The number of rotatable bonds is 3. The molecule has 1 aromatic carbocycles. The van der Waals surface area contributed by atoms with E-state index in [1.807, 2.05) is 24.3 Å². The minimum Gasteiger partial charge on any atom is -0.476 e. The number of para-hydroxylation sites is 2. The number of nitrogens with zero attached hydrogens (tertiary/aromatic N) is 3. The zero-order valence-electron chi connectivity index (χ0n) is 18.9. The molecule has 1 saturated carbocycles. The highest BCUT2D eigenvalue weighted by molar-refractivity contribution is 5.88. The first-order valence-corrected chi connectivity index (χ1v) is 12.7. The molecule has 6 nitrogen and oxygen atoms in total. The molecule has 0 radical (unpaired) electrons. The average molecular weight is 454 g/mol. The van der Waals surface area contributed by atoms with Crippen molar-refractivity contribution < 1.29 is 9.90 Å². The molecule has 1 aliphatic carbocycles. The molecule has 2 aliphatic heterocycles. The van der Waals surface area contributed by atoms with Crippen LogP contribution in [0.2, 0.25) is 0 Å². The van der Waals surface area contributed by atoms with Crippen LogP contribution in [-0.4, -0.2) is 43.7 Å². The number of hydrogen-bond acceptors (Lipinski definition) is 4. The molecule has 1 N–H and O–H groups in total. The van der Waals surface area contributed by atoms with Crippen LogP contribution in [0.1, 0.15) is 107 Å². The third-order valence-corrected chi connectivity index (χ3v) is 8.12. The topological polar surface area (TPSA) is 75.4 Å². The summed E-state index contributed by atoms with van der Waals surface area (Å²) in [6, 6.07) is 9.18. The third kappa shape index (κ3) is 4.72. The molecule has 2 saturated heterocycles. The van der Waals surface area contributed by atoms with Gasteiger partial charge in [0.25, 0.3) is 5.56 Å². The van der Waals surface area contributed by atoms with Crippen LogP contribution in [0.3, 0.4) is 0 Å². The SMILES string of the molecule is C.O=C(O)c1nc2ccccc2n(C2C[C@H]3CC[C@@H](C2)N3C2CCCCCCCCC2)c1=O. The van der Waals surface area contributed by atoms with Gasteiger partial charge in [0, 0.05) is 24.2 Å². The molecular formula is C27H39N3O3. The lowest BCUT2D eigenvalue weighted by molar-refractivity contribution is 0.0508. The van der Waals surface area contributed by atoms with E-state index < -0.39 is 11.5 Å². The summed E-state index contributed by atoms with van der Waals surface area (Å²) < 4.78 is 1.77. The lowest BCUT2D eigenvalue weighted by atomic mass is 9.90. The number of carboxylic acids is 1. The average Bonchev–Trinajstić information content (AvgIpc) is 3.05. The molecule has 3 atom stereocenters. The lowest BCUT2D eigenvalue weighted by Crippen LogP contribution is -2.50. The monoisotopic (exact) mass is 453 g/mol. The largest absolute Gasteiger partial charge is 0.476 e. The van der Waals surface area contributed by atoms with Crippen molar-refractivity contribution in [1.82, 2.24) is 14.5 Å². The van der Waals surface area contributed by atoms with Gasteiger partial charge in [-0.2, -0.15) is 0 Å². The van der Waals surface area contributed by atoms with Crippen molar-refractivity contribution in [2.24, 2.45) is 0 Å². The van der Waals surface area contributed by atoms with E-state index in [4.69, 9.17) is 0 Å². The summed E-state index contributed by atoms with van der Waals surface area (Å²) >= 11 is 0. The number of aromatic carboxylic acids is 1. The molecule has 1 unspecified atom stereocenters. The number of carbonyl (C=O) groups is 1. The van der Waals surface area contributed by atoms with Crippen LogP contribution in [-0.2, 0) is 0 Å². The van der Waals surface area contributed by atoms with Crippen molar-refractivity contribution in [1.29, 1.82) is 0 Å². The summed E-state index contributed by atoms with van der Waals surface area (Å²) in [7, 11) is 0. The zero-order valence-corrected chi connectivity index (χ0v) is 18.9. The molecule has 2 aromatic rings. The molecular weight excluding hydrogens is 414 g/mol. The smallest absolute Gasteiger partial charge is 0.360 e. The molecule has 1 aromatic heterocycles. The molecule has 0 amide bonds. The predicted molar refractivity (Wildman–Crippen MR) is 132 cm³/mol. The molecule has 3 heterocycles. The number of aromatic nitrogens is 2. The van der Waals surface area contributed by atoms with Gasteiger partial charge in [-0.1, -0.05) is 64.5 Å². The Morgan fingerprint density at radius 3 is 2.00 bits per heavy atom. The summed E-state index contributed by atoms with van der Waals surface area (Å²) in [5, 5.41) is 9.58. The molecule has 6 heteroatoms. The van der Waals surface area contributed by atoms with Crippen molar-refractivity contribution in [3.8, 4) is 0 Å². The van der Waals surface area contributed by atoms with E-state index in [-0.39, 0.29) is 19.2 Å². The van der Waals surface area contributed by atoms with Gasteiger partial charge in [-0.25, -0.2) is 9.78 Å². The second kappa shape index (κ2) is 10.4. The van der Waals surface area contributed by atoms with Gasteiger partial charge < -0.3 is 9.67 Å². The van der Waals surface area contributed by atoms with Crippen LogP contribution >= 0.6 is 0 Å². The molecule has 2 bridgehead atoms. The second-order valence-corrected chi connectivity index (χ2v) is 10.1. The molecule has 180 valence electrons. The number of hydrogen-bond donors (Lipinski definition) is 1. The minimum absolute atomic E-state index is 0. The Morgan fingerprint density at radius 1 is 0.818 bits per heavy atom. The van der Waals surface area contributed by atoms with Gasteiger partial charge in [0.15, 0.2) is 0 Å². The van der Waals surface area contributed by atoms with Gasteiger partial charge >= 0.3 is 5.97 Å². The van der Waals surface area contributed by atoms with Crippen molar-refractivity contribution >= 4 is 17.0 Å². The third-order valence-electron chi connectivity index (χ3n) is 8.12. The van der Waals surface area contributed by atoms with Gasteiger partial charge in [-0.15, -0.1) is 0 Å². The van der Waals surface area contributed by atoms with Gasteiger partial charge in [-0.3, -0.25) is 9.69 Å². The van der Waals surface area contributed by atoms with Gasteiger partial charge in [0.2, 0.25) is 5.69 Å². The fourth-order valence-electron chi connectivity index (χ4n) is 6.73. The fraction of sp³-hybridized carbons (Fsp3) is 0.667. The molecule has 3 fully saturated rings.